The minimum atomic E-state index is 0.0439. The Morgan fingerprint density at radius 1 is 1.17 bits per heavy atom. The molecule has 2 aromatic rings. The van der Waals surface area contributed by atoms with Gasteiger partial charge in [-0.15, -0.1) is 0 Å². The highest BCUT2D eigenvalue weighted by Crippen LogP contribution is 2.13. The third-order valence-electron chi connectivity index (χ3n) is 4.22. The molecule has 0 N–H and O–H groups in total. The molecule has 0 aromatic carbocycles. The Labute approximate surface area is 139 Å². The van der Waals surface area contributed by atoms with E-state index in [1.54, 1.807) is 22.0 Å². The van der Waals surface area contributed by atoms with E-state index in [1.807, 2.05) is 40.9 Å². The summed E-state index contributed by atoms with van der Waals surface area (Å²) >= 11 is 1.55. The molecule has 0 unspecified atom stereocenters. The normalized spacial score (nSPS) is 15.8. The molecule has 6 heteroatoms. The number of nitrogens with zero attached hydrogens (tertiary/aromatic N) is 3. The number of rotatable bonds is 4. The number of amides is 1. The van der Waals surface area contributed by atoms with E-state index in [9.17, 15) is 9.59 Å². The molecule has 2 aromatic heterocycles. The van der Waals surface area contributed by atoms with Gasteiger partial charge in [-0.2, -0.15) is 11.3 Å². The molecule has 0 bridgehead atoms. The van der Waals surface area contributed by atoms with Gasteiger partial charge in [0.25, 0.3) is 11.5 Å². The van der Waals surface area contributed by atoms with Gasteiger partial charge in [0.05, 0.1) is 5.56 Å². The molecular weight excluding hydrogens is 310 g/mol. The molecule has 0 saturated carbocycles. The number of piperazine rings is 1. The van der Waals surface area contributed by atoms with E-state index in [-0.39, 0.29) is 11.5 Å². The molecule has 1 aliphatic heterocycles. The Morgan fingerprint density at radius 3 is 2.61 bits per heavy atom. The average molecular weight is 331 g/mol. The first kappa shape index (κ1) is 16.0. The number of thiophene rings is 1. The molecule has 3 heterocycles. The Hall–Kier alpha value is -1.92. The van der Waals surface area contributed by atoms with Crippen LogP contribution >= 0.6 is 11.3 Å². The molecule has 0 radical (unpaired) electrons. The van der Waals surface area contributed by atoms with E-state index < -0.39 is 0 Å². The predicted molar refractivity (Wildman–Crippen MR) is 91.9 cm³/mol. The van der Waals surface area contributed by atoms with Crippen molar-refractivity contribution in [2.45, 2.75) is 20.0 Å². The molecule has 1 fully saturated rings. The number of carbonyl (C=O) groups is 1. The summed E-state index contributed by atoms with van der Waals surface area (Å²) in [5.74, 6) is 0.130. The van der Waals surface area contributed by atoms with Crippen molar-refractivity contribution in [1.82, 2.24) is 14.4 Å². The van der Waals surface area contributed by atoms with Crippen LogP contribution in [0.4, 0.5) is 0 Å². The Balaban J connectivity index is 1.57. The van der Waals surface area contributed by atoms with E-state index in [0.29, 0.717) is 6.54 Å². The van der Waals surface area contributed by atoms with Crippen molar-refractivity contribution in [3.05, 3.63) is 56.6 Å². The summed E-state index contributed by atoms with van der Waals surface area (Å²) in [5.41, 5.74) is 1.98. The third-order valence-corrected chi connectivity index (χ3v) is 4.90. The predicted octanol–water partition coefficient (Wildman–Crippen LogP) is 1.89. The van der Waals surface area contributed by atoms with Crippen LogP contribution in [0.2, 0.25) is 0 Å². The molecule has 122 valence electrons. The maximum Gasteiger partial charge on any atom is 0.254 e. The van der Waals surface area contributed by atoms with Gasteiger partial charge in [-0.05, 0) is 23.9 Å². The summed E-state index contributed by atoms with van der Waals surface area (Å²) < 4.78 is 1.73. The van der Waals surface area contributed by atoms with Crippen LogP contribution in [0.25, 0.3) is 0 Å². The highest BCUT2D eigenvalue weighted by atomic mass is 32.1. The number of hydrogen-bond donors (Lipinski definition) is 0. The van der Waals surface area contributed by atoms with Crippen molar-refractivity contribution in [2.24, 2.45) is 0 Å². The molecule has 0 atom stereocenters. The minimum absolute atomic E-state index is 0.0439. The molecule has 23 heavy (non-hydrogen) atoms. The zero-order chi connectivity index (χ0) is 16.2. The first-order chi connectivity index (χ1) is 11.2. The zero-order valence-corrected chi connectivity index (χ0v) is 14.1. The van der Waals surface area contributed by atoms with Gasteiger partial charge in [-0.25, -0.2) is 0 Å². The van der Waals surface area contributed by atoms with Crippen molar-refractivity contribution in [1.29, 1.82) is 0 Å². The minimum Gasteiger partial charge on any atom is -0.336 e. The van der Waals surface area contributed by atoms with E-state index >= 15 is 0 Å². The van der Waals surface area contributed by atoms with Gasteiger partial charge in [0.1, 0.15) is 0 Å². The molecule has 1 amide bonds. The van der Waals surface area contributed by atoms with Gasteiger partial charge >= 0.3 is 0 Å². The van der Waals surface area contributed by atoms with Gasteiger partial charge in [-0.1, -0.05) is 6.07 Å². The van der Waals surface area contributed by atoms with E-state index in [1.165, 1.54) is 0 Å². The largest absolute Gasteiger partial charge is 0.336 e. The first-order valence-electron chi connectivity index (χ1n) is 7.90. The number of aryl methyl sites for hydroxylation is 1. The fraction of sp³-hybridized carbons (Fsp3) is 0.412. The van der Waals surface area contributed by atoms with Crippen LogP contribution in [-0.4, -0.2) is 46.5 Å². The van der Waals surface area contributed by atoms with Crippen molar-refractivity contribution in [3.8, 4) is 0 Å². The van der Waals surface area contributed by atoms with Crippen LogP contribution < -0.4 is 5.56 Å². The fourth-order valence-electron chi connectivity index (χ4n) is 2.86. The van der Waals surface area contributed by atoms with E-state index in [0.717, 1.165) is 43.9 Å². The van der Waals surface area contributed by atoms with Crippen molar-refractivity contribution in [3.63, 3.8) is 0 Å². The lowest BCUT2D eigenvalue weighted by Crippen LogP contribution is -2.48. The molecule has 3 rings (SSSR count). The number of carbonyl (C=O) groups excluding carboxylic acids is 1. The van der Waals surface area contributed by atoms with Crippen LogP contribution in [0.1, 0.15) is 22.8 Å². The average Bonchev–Trinajstić information content (AvgIpc) is 3.11. The van der Waals surface area contributed by atoms with Crippen LogP contribution in [0.5, 0.6) is 0 Å². The summed E-state index contributed by atoms with van der Waals surface area (Å²) in [6, 6.07) is 5.42. The molecule has 0 spiro atoms. The van der Waals surface area contributed by atoms with Crippen molar-refractivity contribution < 1.29 is 4.79 Å². The summed E-state index contributed by atoms with van der Waals surface area (Å²) in [6.07, 6.45) is 1.94. The third kappa shape index (κ3) is 3.71. The van der Waals surface area contributed by atoms with Crippen LogP contribution in [0, 0.1) is 0 Å². The lowest BCUT2D eigenvalue weighted by molar-refractivity contribution is 0.0629. The van der Waals surface area contributed by atoms with Gasteiger partial charge in [0.15, 0.2) is 0 Å². The molecule has 1 saturated heterocycles. The lowest BCUT2D eigenvalue weighted by Gasteiger charge is -2.34. The zero-order valence-electron chi connectivity index (χ0n) is 13.3. The Morgan fingerprint density at radius 2 is 1.96 bits per heavy atom. The van der Waals surface area contributed by atoms with Crippen LogP contribution in [-0.2, 0) is 13.1 Å². The van der Waals surface area contributed by atoms with Crippen molar-refractivity contribution >= 4 is 17.2 Å². The molecular formula is C17H21N3O2S. The molecule has 5 nitrogen and oxygen atoms in total. The second-order valence-corrected chi connectivity index (χ2v) is 6.52. The summed E-state index contributed by atoms with van der Waals surface area (Å²) in [6.45, 7) is 6.71. The molecule has 0 aliphatic carbocycles. The quantitative estimate of drug-likeness (QED) is 0.859. The first-order valence-corrected chi connectivity index (χ1v) is 8.85. The number of hydrogen-bond acceptors (Lipinski definition) is 4. The van der Waals surface area contributed by atoms with Crippen LogP contribution in [0.15, 0.2) is 40.0 Å². The van der Waals surface area contributed by atoms with Gasteiger partial charge in [0, 0.05) is 56.9 Å². The van der Waals surface area contributed by atoms with Crippen molar-refractivity contribution in [2.75, 3.05) is 26.2 Å². The maximum absolute atomic E-state index is 12.3. The maximum atomic E-state index is 12.3. The lowest BCUT2D eigenvalue weighted by atomic mass is 10.2. The molecule has 1 aliphatic rings. The van der Waals surface area contributed by atoms with Gasteiger partial charge in [-0.3, -0.25) is 14.5 Å². The number of aromatic nitrogens is 1. The second-order valence-electron chi connectivity index (χ2n) is 5.74. The standard InChI is InChI=1S/C17H21N3O2S/c1-2-19-12-14(3-4-16(19)21)11-18-6-8-20(9-7-18)17(22)15-5-10-23-13-15/h3-5,10,12-13H,2,6-9,11H2,1H3. The van der Waals surface area contributed by atoms with E-state index in [2.05, 4.69) is 4.90 Å². The van der Waals surface area contributed by atoms with Gasteiger partial charge in [0.2, 0.25) is 0 Å². The summed E-state index contributed by atoms with van der Waals surface area (Å²) in [4.78, 5) is 28.2. The fourth-order valence-corrected chi connectivity index (χ4v) is 3.49. The summed E-state index contributed by atoms with van der Waals surface area (Å²) in [5, 5.41) is 3.84. The summed E-state index contributed by atoms with van der Waals surface area (Å²) in [7, 11) is 0. The highest BCUT2D eigenvalue weighted by Gasteiger charge is 2.22. The van der Waals surface area contributed by atoms with Crippen LogP contribution in [0.3, 0.4) is 0 Å². The SMILES string of the molecule is CCn1cc(CN2CCN(C(=O)c3ccsc3)CC2)ccc1=O. The Bertz CT molecular complexity index is 716. The Kier molecular flexibility index (Phi) is 4.93. The van der Waals surface area contributed by atoms with E-state index in [4.69, 9.17) is 0 Å². The monoisotopic (exact) mass is 331 g/mol. The highest BCUT2D eigenvalue weighted by molar-refractivity contribution is 7.08. The number of pyridine rings is 1. The van der Waals surface area contributed by atoms with Gasteiger partial charge < -0.3 is 9.47 Å². The second kappa shape index (κ2) is 7.10. The topological polar surface area (TPSA) is 45.5 Å². The smallest absolute Gasteiger partial charge is 0.254 e.